The van der Waals surface area contributed by atoms with Gasteiger partial charge in [-0.1, -0.05) is 6.07 Å². The van der Waals surface area contributed by atoms with Crippen molar-refractivity contribution in [3.63, 3.8) is 0 Å². The highest BCUT2D eigenvalue weighted by atomic mass is 16.5. The number of aromatic nitrogens is 1. The first-order chi connectivity index (χ1) is 16.0. The van der Waals surface area contributed by atoms with Gasteiger partial charge in [0.15, 0.2) is 0 Å². The molecule has 2 aromatic carbocycles. The Balaban J connectivity index is 1.28. The number of rotatable bonds is 7. The van der Waals surface area contributed by atoms with Gasteiger partial charge in [-0.05, 0) is 67.2 Å². The molecular weight excluding hydrogens is 418 g/mol. The number of carbonyl (C=O) groups excluding carboxylic acids is 2. The van der Waals surface area contributed by atoms with E-state index in [9.17, 15) is 9.59 Å². The lowest BCUT2D eigenvalue weighted by Crippen LogP contribution is -2.44. The first-order valence-corrected chi connectivity index (χ1v) is 10.8. The normalized spacial score (nSPS) is 14.0. The summed E-state index contributed by atoms with van der Waals surface area (Å²) in [6.45, 7) is 4.41. The lowest BCUT2D eigenvalue weighted by atomic mass is 10.2. The van der Waals surface area contributed by atoms with E-state index in [1.807, 2.05) is 18.3 Å². The Bertz CT molecular complexity index is 1090. The lowest BCUT2D eigenvalue weighted by Gasteiger charge is -2.33. The number of anilines is 1. The molecule has 0 aliphatic carbocycles. The second-order valence-electron chi connectivity index (χ2n) is 8.01. The van der Waals surface area contributed by atoms with Gasteiger partial charge in [-0.3, -0.25) is 9.59 Å². The van der Waals surface area contributed by atoms with Crippen molar-refractivity contribution in [1.29, 1.82) is 0 Å². The Labute approximate surface area is 193 Å². The van der Waals surface area contributed by atoms with Gasteiger partial charge in [0.05, 0.1) is 0 Å². The minimum absolute atomic E-state index is 0.171. The van der Waals surface area contributed by atoms with Crippen LogP contribution in [0.4, 0.5) is 5.82 Å². The fraction of sp³-hybridized carbons (Fsp3) is 0.240. The van der Waals surface area contributed by atoms with Crippen molar-refractivity contribution < 1.29 is 14.3 Å². The highest BCUT2D eigenvalue weighted by Crippen LogP contribution is 2.22. The molecule has 1 saturated heterocycles. The molecule has 0 atom stereocenters. The Morgan fingerprint density at radius 3 is 2.06 bits per heavy atom. The summed E-state index contributed by atoms with van der Waals surface area (Å²) in [6.07, 6.45) is 1.81. The van der Waals surface area contributed by atoms with Gasteiger partial charge in [0.25, 0.3) is 5.91 Å². The Morgan fingerprint density at radius 2 is 1.52 bits per heavy atom. The number of amides is 2. The van der Waals surface area contributed by atoms with E-state index in [4.69, 9.17) is 10.5 Å². The summed E-state index contributed by atoms with van der Waals surface area (Å²) in [6, 6.07) is 17.4. The number of piperazine rings is 1. The molecule has 170 valence electrons. The average molecular weight is 446 g/mol. The van der Waals surface area contributed by atoms with Crippen LogP contribution < -0.4 is 20.7 Å². The summed E-state index contributed by atoms with van der Waals surface area (Å²) in [5.41, 5.74) is 7.14. The maximum absolute atomic E-state index is 12.5. The third-order valence-corrected chi connectivity index (χ3v) is 5.58. The number of primary amides is 1. The van der Waals surface area contributed by atoms with E-state index in [-0.39, 0.29) is 5.91 Å². The predicted octanol–water partition coefficient (Wildman–Crippen LogP) is 2.65. The number of pyridine rings is 1. The lowest BCUT2D eigenvalue weighted by molar-refractivity contribution is 0.0949. The van der Waals surface area contributed by atoms with E-state index in [2.05, 4.69) is 27.1 Å². The monoisotopic (exact) mass is 445 g/mol. The van der Waals surface area contributed by atoms with Crippen molar-refractivity contribution in [3.8, 4) is 11.5 Å². The zero-order chi connectivity index (χ0) is 23.2. The zero-order valence-electron chi connectivity index (χ0n) is 18.5. The number of ether oxygens (including phenoxy) is 1. The first kappa shape index (κ1) is 22.3. The molecule has 0 radical (unpaired) electrons. The quantitative estimate of drug-likeness (QED) is 0.580. The molecule has 3 N–H and O–H groups in total. The minimum Gasteiger partial charge on any atom is -0.457 e. The molecule has 0 unspecified atom stereocenters. The number of carbonyl (C=O) groups is 2. The van der Waals surface area contributed by atoms with Crippen molar-refractivity contribution in [2.45, 2.75) is 6.54 Å². The molecule has 8 heteroatoms. The van der Waals surface area contributed by atoms with Gasteiger partial charge in [0.1, 0.15) is 17.3 Å². The van der Waals surface area contributed by atoms with Gasteiger partial charge in [-0.25, -0.2) is 4.98 Å². The van der Waals surface area contributed by atoms with Crippen LogP contribution >= 0.6 is 0 Å². The molecule has 0 bridgehead atoms. The molecule has 3 aromatic rings. The largest absolute Gasteiger partial charge is 0.457 e. The molecule has 2 amide bonds. The number of hydrogen-bond acceptors (Lipinski definition) is 6. The molecule has 33 heavy (non-hydrogen) atoms. The summed E-state index contributed by atoms with van der Waals surface area (Å²) in [5, 5.41) is 2.92. The maximum Gasteiger partial charge on any atom is 0.251 e. The molecule has 0 spiro atoms. The van der Waals surface area contributed by atoms with Gasteiger partial charge >= 0.3 is 0 Å². The predicted molar refractivity (Wildman–Crippen MR) is 127 cm³/mol. The van der Waals surface area contributed by atoms with E-state index >= 15 is 0 Å². The molecule has 1 fully saturated rings. The van der Waals surface area contributed by atoms with Crippen LogP contribution in [-0.4, -0.2) is 54.9 Å². The molecular formula is C25H27N5O3. The number of nitrogens with one attached hydrogen (secondary N) is 1. The highest BCUT2D eigenvalue weighted by Gasteiger charge is 2.15. The summed E-state index contributed by atoms with van der Waals surface area (Å²) in [7, 11) is 2.13. The summed E-state index contributed by atoms with van der Waals surface area (Å²) in [5.74, 6) is 1.47. The summed E-state index contributed by atoms with van der Waals surface area (Å²) < 4.78 is 5.75. The number of nitrogens with zero attached hydrogens (tertiary/aromatic N) is 3. The maximum atomic E-state index is 12.5. The highest BCUT2D eigenvalue weighted by molar-refractivity contribution is 5.94. The average Bonchev–Trinajstić information content (AvgIpc) is 2.84. The molecule has 1 aliphatic rings. The van der Waals surface area contributed by atoms with Crippen LogP contribution in [0.1, 0.15) is 26.3 Å². The van der Waals surface area contributed by atoms with Crippen molar-refractivity contribution >= 4 is 17.6 Å². The van der Waals surface area contributed by atoms with Crippen LogP contribution in [-0.2, 0) is 6.54 Å². The molecule has 1 aromatic heterocycles. The van der Waals surface area contributed by atoms with Gasteiger partial charge in [-0.15, -0.1) is 0 Å². The van der Waals surface area contributed by atoms with Crippen LogP contribution in [0, 0.1) is 0 Å². The molecule has 8 nitrogen and oxygen atoms in total. The molecule has 0 saturated carbocycles. The van der Waals surface area contributed by atoms with E-state index in [0.717, 1.165) is 37.6 Å². The van der Waals surface area contributed by atoms with E-state index in [1.165, 1.54) is 0 Å². The molecule has 4 rings (SSSR count). The smallest absolute Gasteiger partial charge is 0.251 e. The molecule has 2 heterocycles. The van der Waals surface area contributed by atoms with Crippen molar-refractivity contribution in [1.82, 2.24) is 15.2 Å². The van der Waals surface area contributed by atoms with Crippen LogP contribution in [0.2, 0.25) is 0 Å². The third kappa shape index (κ3) is 5.87. The van der Waals surface area contributed by atoms with Crippen LogP contribution in [0.5, 0.6) is 11.5 Å². The van der Waals surface area contributed by atoms with Crippen LogP contribution in [0.3, 0.4) is 0 Å². The Morgan fingerprint density at radius 1 is 0.909 bits per heavy atom. The fourth-order valence-electron chi connectivity index (χ4n) is 3.53. The van der Waals surface area contributed by atoms with Crippen molar-refractivity contribution in [2.75, 3.05) is 38.1 Å². The van der Waals surface area contributed by atoms with Gasteiger partial charge in [0, 0.05) is 50.0 Å². The topological polar surface area (TPSA) is 101 Å². The number of likely N-dealkylation sites (N-methyl/N-ethyl adjacent to an activating group) is 1. The van der Waals surface area contributed by atoms with E-state index < -0.39 is 5.91 Å². The fourth-order valence-corrected chi connectivity index (χ4v) is 3.53. The van der Waals surface area contributed by atoms with Crippen molar-refractivity contribution in [2.24, 2.45) is 5.73 Å². The number of nitrogens with two attached hydrogens (primary N) is 1. The van der Waals surface area contributed by atoms with Gasteiger partial charge < -0.3 is 25.6 Å². The second kappa shape index (κ2) is 10.1. The summed E-state index contributed by atoms with van der Waals surface area (Å²) >= 11 is 0. The van der Waals surface area contributed by atoms with Gasteiger partial charge in [-0.2, -0.15) is 0 Å². The standard InChI is InChI=1S/C25H27N5O3/c1-29-12-14-30(15-13-29)23-11-2-18(16-27-23)17-28-25(32)20-5-9-22(10-6-20)33-21-7-3-19(4-8-21)24(26)31/h2-11,16H,12-15,17H2,1H3,(H2,26,31)(H,28,32). The van der Waals surface area contributed by atoms with Crippen molar-refractivity contribution in [3.05, 3.63) is 83.6 Å². The summed E-state index contributed by atoms with van der Waals surface area (Å²) in [4.78, 5) is 32.8. The van der Waals surface area contributed by atoms with Gasteiger partial charge in [0.2, 0.25) is 5.91 Å². The SMILES string of the molecule is CN1CCN(c2ccc(CNC(=O)c3ccc(Oc4ccc(C(N)=O)cc4)cc3)cn2)CC1. The second-order valence-corrected chi connectivity index (χ2v) is 8.01. The Kier molecular flexibility index (Phi) is 6.85. The van der Waals surface area contributed by atoms with E-state index in [1.54, 1.807) is 48.5 Å². The zero-order valence-corrected chi connectivity index (χ0v) is 18.5. The number of benzene rings is 2. The molecule has 1 aliphatic heterocycles. The Hall–Kier alpha value is -3.91. The van der Waals surface area contributed by atoms with E-state index in [0.29, 0.717) is 29.2 Å². The first-order valence-electron chi connectivity index (χ1n) is 10.8. The number of hydrogen-bond donors (Lipinski definition) is 2. The minimum atomic E-state index is -0.487. The van der Waals surface area contributed by atoms with Crippen LogP contribution in [0.25, 0.3) is 0 Å². The van der Waals surface area contributed by atoms with Crippen LogP contribution in [0.15, 0.2) is 66.9 Å². The third-order valence-electron chi connectivity index (χ3n) is 5.58.